The number of rotatable bonds is 6. The van der Waals surface area contributed by atoms with Crippen LogP contribution in [-0.4, -0.2) is 11.7 Å². The van der Waals surface area contributed by atoms with Crippen molar-refractivity contribution in [3.63, 3.8) is 0 Å². The molecule has 2 aromatic carbocycles. The molecule has 0 unspecified atom stereocenters. The van der Waals surface area contributed by atoms with E-state index in [1.54, 1.807) is 0 Å². The lowest BCUT2D eigenvalue weighted by molar-refractivity contribution is 0.281. The van der Waals surface area contributed by atoms with Crippen molar-refractivity contribution < 1.29 is 9.84 Å². The van der Waals surface area contributed by atoms with Gasteiger partial charge in [-0.25, -0.2) is 0 Å². The maximum Gasteiger partial charge on any atom is 0.127 e. The molecule has 112 valence electrons. The second-order valence-corrected chi connectivity index (χ2v) is 5.72. The van der Waals surface area contributed by atoms with Gasteiger partial charge in [-0.15, -0.1) is 0 Å². The Balaban J connectivity index is 2.35. The highest BCUT2D eigenvalue weighted by Gasteiger charge is 2.08. The summed E-state index contributed by atoms with van der Waals surface area (Å²) < 4.78 is 5.70. The summed E-state index contributed by atoms with van der Waals surface area (Å²) in [6, 6.07) is 14.5. The Morgan fingerprint density at radius 2 is 1.67 bits per heavy atom. The SMILES string of the molecule is CCOc1ccc(CO)cc1-c1ccc(CC(C)C)cc1. The first-order chi connectivity index (χ1) is 10.1. The van der Waals surface area contributed by atoms with E-state index in [0.29, 0.717) is 12.5 Å². The molecule has 0 radical (unpaired) electrons. The van der Waals surface area contributed by atoms with Crippen LogP contribution in [0.3, 0.4) is 0 Å². The van der Waals surface area contributed by atoms with Gasteiger partial charge < -0.3 is 9.84 Å². The Bertz CT molecular complexity index is 571. The van der Waals surface area contributed by atoms with Crippen molar-refractivity contribution in [2.45, 2.75) is 33.8 Å². The Morgan fingerprint density at radius 1 is 1.00 bits per heavy atom. The number of ether oxygens (including phenoxy) is 1. The normalized spacial score (nSPS) is 10.9. The van der Waals surface area contributed by atoms with Gasteiger partial charge in [-0.2, -0.15) is 0 Å². The van der Waals surface area contributed by atoms with Crippen LogP contribution in [0.2, 0.25) is 0 Å². The zero-order chi connectivity index (χ0) is 15.2. The van der Waals surface area contributed by atoms with Crippen LogP contribution in [0.5, 0.6) is 5.75 Å². The molecule has 0 fully saturated rings. The molecular formula is C19H24O2. The van der Waals surface area contributed by atoms with Gasteiger partial charge in [0.1, 0.15) is 5.75 Å². The van der Waals surface area contributed by atoms with E-state index in [9.17, 15) is 5.11 Å². The fraction of sp³-hybridized carbons (Fsp3) is 0.368. The zero-order valence-electron chi connectivity index (χ0n) is 13.1. The molecule has 0 aliphatic rings. The average molecular weight is 284 g/mol. The van der Waals surface area contributed by atoms with Crippen molar-refractivity contribution in [2.75, 3.05) is 6.61 Å². The summed E-state index contributed by atoms with van der Waals surface area (Å²) in [6.45, 7) is 7.12. The largest absolute Gasteiger partial charge is 0.493 e. The average Bonchev–Trinajstić information content (AvgIpc) is 2.48. The molecule has 0 saturated carbocycles. The summed E-state index contributed by atoms with van der Waals surface area (Å²) in [5.41, 5.74) is 4.42. The summed E-state index contributed by atoms with van der Waals surface area (Å²) in [5, 5.41) is 9.33. The second-order valence-electron chi connectivity index (χ2n) is 5.72. The molecule has 0 saturated heterocycles. The van der Waals surface area contributed by atoms with Crippen molar-refractivity contribution in [1.29, 1.82) is 0 Å². The molecule has 0 atom stereocenters. The van der Waals surface area contributed by atoms with Crippen molar-refractivity contribution in [3.8, 4) is 16.9 Å². The number of aliphatic hydroxyl groups is 1. The van der Waals surface area contributed by atoms with Crippen molar-refractivity contribution >= 4 is 0 Å². The first-order valence-electron chi connectivity index (χ1n) is 7.60. The van der Waals surface area contributed by atoms with E-state index in [1.165, 1.54) is 5.56 Å². The minimum atomic E-state index is 0.0465. The fourth-order valence-electron chi connectivity index (χ4n) is 2.47. The molecule has 0 aliphatic carbocycles. The molecule has 21 heavy (non-hydrogen) atoms. The first-order valence-corrected chi connectivity index (χ1v) is 7.60. The first kappa shape index (κ1) is 15.6. The van der Waals surface area contributed by atoms with Gasteiger partial charge in [0.25, 0.3) is 0 Å². The third kappa shape index (κ3) is 4.08. The quantitative estimate of drug-likeness (QED) is 0.849. The van der Waals surface area contributed by atoms with Gasteiger partial charge in [-0.3, -0.25) is 0 Å². The molecule has 0 spiro atoms. The van der Waals surface area contributed by atoms with Crippen LogP contribution in [0.25, 0.3) is 11.1 Å². The number of hydrogen-bond acceptors (Lipinski definition) is 2. The Kier molecular flexibility index (Phi) is 5.40. The van der Waals surface area contributed by atoms with Crippen LogP contribution >= 0.6 is 0 Å². The minimum Gasteiger partial charge on any atom is -0.493 e. The molecule has 0 amide bonds. The van der Waals surface area contributed by atoms with E-state index in [0.717, 1.165) is 28.9 Å². The third-order valence-electron chi connectivity index (χ3n) is 3.44. The topological polar surface area (TPSA) is 29.5 Å². The van der Waals surface area contributed by atoms with Gasteiger partial charge in [-0.05, 0) is 48.1 Å². The van der Waals surface area contributed by atoms with E-state index < -0.39 is 0 Å². The highest BCUT2D eigenvalue weighted by Crippen LogP contribution is 2.31. The molecule has 0 bridgehead atoms. The third-order valence-corrected chi connectivity index (χ3v) is 3.44. The summed E-state index contributed by atoms with van der Waals surface area (Å²) in [4.78, 5) is 0. The van der Waals surface area contributed by atoms with Crippen LogP contribution in [-0.2, 0) is 13.0 Å². The number of aliphatic hydroxyl groups excluding tert-OH is 1. The lowest BCUT2D eigenvalue weighted by Crippen LogP contribution is -1.96. The van der Waals surface area contributed by atoms with Crippen LogP contribution in [0.4, 0.5) is 0 Å². The predicted molar refractivity (Wildman–Crippen MR) is 87.5 cm³/mol. The smallest absolute Gasteiger partial charge is 0.127 e. The van der Waals surface area contributed by atoms with Crippen LogP contribution < -0.4 is 4.74 Å². The van der Waals surface area contributed by atoms with E-state index in [-0.39, 0.29) is 6.61 Å². The van der Waals surface area contributed by atoms with Crippen LogP contribution in [0, 0.1) is 5.92 Å². The van der Waals surface area contributed by atoms with E-state index in [2.05, 4.69) is 38.1 Å². The van der Waals surface area contributed by atoms with Crippen LogP contribution in [0.15, 0.2) is 42.5 Å². The highest BCUT2D eigenvalue weighted by molar-refractivity contribution is 5.71. The lowest BCUT2D eigenvalue weighted by atomic mass is 9.98. The maximum atomic E-state index is 9.33. The molecule has 2 rings (SSSR count). The molecule has 2 heteroatoms. The summed E-state index contributed by atoms with van der Waals surface area (Å²) >= 11 is 0. The lowest BCUT2D eigenvalue weighted by Gasteiger charge is -2.13. The molecular weight excluding hydrogens is 260 g/mol. The Morgan fingerprint density at radius 3 is 2.24 bits per heavy atom. The van der Waals surface area contributed by atoms with Gasteiger partial charge in [-0.1, -0.05) is 44.2 Å². The van der Waals surface area contributed by atoms with Crippen molar-refractivity contribution in [1.82, 2.24) is 0 Å². The van der Waals surface area contributed by atoms with Crippen molar-refractivity contribution in [3.05, 3.63) is 53.6 Å². The van der Waals surface area contributed by atoms with Crippen molar-refractivity contribution in [2.24, 2.45) is 5.92 Å². The molecule has 0 aliphatic heterocycles. The maximum absolute atomic E-state index is 9.33. The molecule has 1 N–H and O–H groups in total. The standard InChI is InChI=1S/C19H24O2/c1-4-21-19-10-7-16(13-20)12-18(19)17-8-5-15(6-9-17)11-14(2)3/h5-10,12,14,20H,4,11,13H2,1-3H3. The van der Waals surface area contributed by atoms with Gasteiger partial charge in [0, 0.05) is 5.56 Å². The monoisotopic (exact) mass is 284 g/mol. The minimum absolute atomic E-state index is 0.0465. The number of hydrogen-bond donors (Lipinski definition) is 1. The fourth-order valence-corrected chi connectivity index (χ4v) is 2.47. The number of benzene rings is 2. The van der Waals surface area contributed by atoms with E-state index in [1.807, 2.05) is 25.1 Å². The Hall–Kier alpha value is -1.80. The summed E-state index contributed by atoms with van der Waals surface area (Å²) in [5.74, 6) is 1.53. The molecule has 0 aromatic heterocycles. The highest BCUT2D eigenvalue weighted by atomic mass is 16.5. The van der Waals surface area contributed by atoms with Gasteiger partial charge >= 0.3 is 0 Å². The van der Waals surface area contributed by atoms with Gasteiger partial charge in [0.15, 0.2) is 0 Å². The zero-order valence-corrected chi connectivity index (χ0v) is 13.1. The summed E-state index contributed by atoms with van der Waals surface area (Å²) in [6.07, 6.45) is 1.09. The van der Waals surface area contributed by atoms with Gasteiger partial charge in [0.05, 0.1) is 13.2 Å². The van der Waals surface area contributed by atoms with Gasteiger partial charge in [0.2, 0.25) is 0 Å². The molecule has 2 nitrogen and oxygen atoms in total. The van der Waals surface area contributed by atoms with E-state index >= 15 is 0 Å². The molecule has 2 aromatic rings. The van der Waals surface area contributed by atoms with Crippen LogP contribution in [0.1, 0.15) is 31.9 Å². The van der Waals surface area contributed by atoms with E-state index in [4.69, 9.17) is 4.74 Å². The molecule has 0 heterocycles. The second kappa shape index (κ2) is 7.28. The Labute approximate surface area is 127 Å². The summed E-state index contributed by atoms with van der Waals surface area (Å²) in [7, 11) is 0. The predicted octanol–water partition coefficient (Wildman–Crippen LogP) is 4.44.